The van der Waals surface area contributed by atoms with Crippen LogP contribution >= 0.6 is 0 Å². The van der Waals surface area contributed by atoms with Gasteiger partial charge in [-0.25, -0.2) is 4.68 Å². The number of carboxylic acids is 1. The number of benzene rings is 1. The minimum Gasteiger partial charge on any atom is -0.543 e. The van der Waals surface area contributed by atoms with Crippen molar-refractivity contribution in [1.82, 2.24) is 14.7 Å². The average Bonchev–Trinajstić information content (AvgIpc) is 3.13. The Bertz CT molecular complexity index is 936. The Morgan fingerprint density at radius 3 is 2.59 bits per heavy atom. The summed E-state index contributed by atoms with van der Waals surface area (Å²) in [6.45, 7) is 3.43. The number of rotatable bonds is 4. The van der Waals surface area contributed by atoms with E-state index in [-0.39, 0.29) is 47.2 Å². The fourth-order valence-corrected chi connectivity index (χ4v) is 3.94. The van der Waals surface area contributed by atoms with E-state index in [4.69, 9.17) is 0 Å². The number of aromatic nitrogens is 2. The van der Waals surface area contributed by atoms with Gasteiger partial charge in [-0.15, -0.1) is 0 Å². The monoisotopic (exact) mass is 375 g/mol. The second-order valence-electron chi connectivity index (χ2n) is 6.78. The van der Waals surface area contributed by atoms with Gasteiger partial charge < -0.3 is 19.9 Å². The van der Waals surface area contributed by atoms with Crippen LogP contribution in [0.4, 0.5) is 0 Å². The summed E-state index contributed by atoms with van der Waals surface area (Å²) >= 11 is 0. The minimum absolute atomic E-state index is 0. The second-order valence-corrected chi connectivity index (χ2v) is 6.78. The quantitative estimate of drug-likeness (QED) is 0.462. The van der Waals surface area contributed by atoms with Gasteiger partial charge in [0.15, 0.2) is 0 Å². The molecule has 1 N–H and O–H groups in total. The van der Waals surface area contributed by atoms with E-state index in [0.29, 0.717) is 17.7 Å². The fraction of sp³-hybridized carbons (Fsp3) is 0.316. The van der Waals surface area contributed by atoms with Gasteiger partial charge >= 0.3 is 29.6 Å². The van der Waals surface area contributed by atoms with E-state index in [9.17, 15) is 19.8 Å². The SMILES string of the molecule is Cc1cc(C2=C(C(=O)[O-])N3C(=O)[C@H]([C@@H](C)O)[C@H]3C2)nn1-c1ccccc1.[Na+]. The van der Waals surface area contributed by atoms with Crippen LogP contribution in [0.2, 0.25) is 0 Å². The summed E-state index contributed by atoms with van der Waals surface area (Å²) in [7, 11) is 0. The molecule has 4 rings (SSSR count). The van der Waals surface area contributed by atoms with Crippen LogP contribution in [-0.2, 0) is 9.59 Å². The Labute approximate surface area is 178 Å². The zero-order chi connectivity index (χ0) is 18.6. The number of carbonyl (C=O) groups is 2. The number of β-lactam (4-membered cyclic amide) rings is 1. The van der Waals surface area contributed by atoms with E-state index in [1.54, 1.807) is 17.7 Å². The Hall–Kier alpha value is -1.93. The van der Waals surface area contributed by atoms with Gasteiger partial charge in [0.25, 0.3) is 0 Å². The molecule has 0 aliphatic carbocycles. The first kappa shape index (κ1) is 19.8. The van der Waals surface area contributed by atoms with Gasteiger partial charge in [-0.3, -0.25) is 4.79 Å². The van der Waals surface area contributed by atoms with E-state index < -0.39 is 18.0 Å². The third kappa shape index (κ3) is 3.04. The topological polar surface area (TPSA) is 98.5 Å². The van der Waals surface area contributed by atoms with Crippen LogP contribution in [0, 0.1) is 12.8 Å². The minimum atomic E-state index is -1.40. The predicted molar refractivity (Wildman–Crippen MR) is 90.6 cm³/mol. The Morgan fingerprint density at radius 1 is 1.33 bits per heavy atom. The first-order valence-corrected chi connectivity index (χ1v) is 8.48. The first-order chi connectivity index (χ1) is 12.4. The number of carboxylic acid groups (broad SMARTS) is 1. The zero-order valence-electron chi connectivity index (χ0n) is 15.4. The molecule has 2 aliphatic heterocycles. The third-order valence-corrected chi connectivity index (χ3v) is 5.12. The number of aliphatic hydroxyl groups is 1. The van der Waals surface area contributed by atoms with Crippen LogP contribution in [0.25, 0.3) is 11.3 Å². The van der Waals surface area contributed by atoms with E-state index >= 15 is 0 Å². The maximum absolute atomic E-state index is 12.3. The molecule has 7 nitrogen and oxygen atoms in total. The molecular formula is C19H18N3NaO4. The molecule has 0 spiro atoms. The van der Waals surface area contributed by atoms with Gasteiger partial charge in [0, 0.05) is 11.3 Å². The van der Waals surface area contributed by atoms with Gasteiger partial charge in [-0.05, 0) is 38.5 Å². The van der Waals surface area contributed by atoms with E-state index in [1.165, 1.54) is 4.90 Å². The number of para-hydroxylation sites is 1. The summed E-state index contributed by atoms with van der Waals surface area (Å²) in [4.78, 5) is 25.2. The van der Waals surface area contributed by atoms with Crippen molar-refractivity contribution in [1.29, 1.82) is 0 Å². The molecule has 0 unspecified atom stereocenters. The van der Waals surface area contributed by atoms with Crippen LogP contribution < -0.4 is 34.7 Å². The zero-order valence-corrected chi connectivity index (χ0v) is 17.4. The summed E-state index contributed by atoms with van der Waals surface area (Å²) in [5.74, 6) is -2.36. The van der Waals surface area contributed by atoms with Crippen molar-refractivity contribution in [3.05, 3.63) is 53.5 Å². The van der Waals surface area contributed by atoms with Crippen LogP contribution in [0.1, 0.15) is 24.7 Å². The molecule has 1 aromatic heterocycles. The Kier molecular flexibility index (Phi) is 5.31. The van der Waals surface area contributed by atoms with Crippen LogP contribution in [0.15, 0.2) is 42.1 Å². The van der Waals surface area contributed by atoms with Crippen LogP contribution in [0.5, 0.6) is 0 Å². The molecule has 1 aromatic carbocycles. The molecule has 0 radical (unpaired) electrons. The van der Waals surface area contributed by atoms with Crippen molar-refractivity contribution < 1.29 is 49.4 Å². The van der Waals surface area contributed by atoms with Gasteiger partial charge in [-0.1, -0.05) is 18.2 Å². The number of aryl methyl sites for hydroxylation is 1. The molecule has 3 heterocycles. The standard InChI is InChI=1S/C19H19N3O4.Na/c1-10-8-14(20-22(10)12-6-4-3-5-7-12)13-9-15-16(11(2)23)18(24)21(15)17(13)19(25)26;/h3-8,11,15-16,23H,9H2,1-2H3,(H,25,26);/q;+1/p-1/t11-,15-,16-;/m1./s1. The first-order valence-electron chi connectivity index (χ1n) is 8.48. The van der Waals surface area contributed by atoms with E-state index in [1.807, 2.05) is 37.3 Å². The number of amides is 1. The predicted octanol–water partition coefficient (Wildman–Crippen LogP) is -2.74. The molecule has 134 valence electrons. The van der Waals surface area contributed by atoms with Gasteiger partial charge in [0.2, 0.25) is 5.91 Å². The van der Waals surface area contributed by atoms with Crippen molar-refractivity contribution >= 4 is 17.4 Å². The van der Waals surface area contributed by atoms with Crippen molar-refractivity contribution in [3.63, 3.8) is 0 Å². The van der Waals surface area contributed by atoms with Crippen molar-refractivity contribution in [2.75, 3.05) is 0 Å². The number of aliphatic hydroxyl groups excluding tert-OH is 1. The van der Waals surface area contributed by atoms with Crippen LogP contribution in [-0.4, -0.2) is 43.8 Å². The number of nitrogens with zero attached hydrogens (tertiary/aromatic N) is 3. The third-order valence-electron chi connectivity index (χ3n) is 5.12. The molecule has 27 heavy (non-hydrogen) atoms. The molecule has 0 saturated carbocycles. The molecule has 1 saturated heterocycles. The Morgan fingerprint density at radius 2 is 2.00 bits per heavy atom. The van der Waals surface area contributed by atoms with Gasteiger partial charge in [0.05, 0.1) is 41.1 Å². The summed E-state index contributed by atoms with van der Waals surface area (Å²) in [6, 6.07) is 11.0. The number of carbonyl (C=O) groups excluding carboxylic acids is 2. The van der Waals surface area contributed by atoms with Crippen molar-refractivity contribution in [2.45, 2.75) is 32.4 Å². The van der Waals surface area contributed by atoms with Gasteiger partial charge in [0.1, 0.15) is 0 Å². The maximum Gasteiger partial charge on any atom is 1.00 e. The summed E-state index contributed by atoms with van der Waals surface area (Å²) < 4.78 is 1.73. The number of hydrogen-bond acceptors (Lipinski definition) is 5. The molecule has 2 aliphatic rings. The molecule has 3 atom stereocenters. The summed E-state index contributed by atoms with van der Waals surface area (Å²) in [6.07, 6.45) is -0.481. The average molecular weight is 375 g/mol. The van der Waals surface area contributed by atoms with Crippen LogP contribution in [0.3, 0.4) is 0 Å². The molecular weight excluding hydrogens is 357 g/mol. The smallest absolute Gasteiger partial charge is 0.543 e. The van der Waals surface area contributed by atoms with Crippen molar-refractivity contribution in [3.8, 4) is 5.69 Å². The van der Waals surface area contributed by atoms with Gasteiger partial charge in [-0.2, -0.15) is 5.10 Å². The molecule has 8 heteroatoms. The summed E-state index contributed by atoms with van der Waals surface area (Å²) in [5, 5.41) is 26.1. The molecule has 1 fully saturated rings. The second kappa shape index (κ2) is 7.24. The summed E-state index contributed by atoms with van der Waals surface area (Å²) in [5.41, 5.74) is 2.58. The van der Waals surface area contributed by atoms with E-state index in [0.717, 1.165) is 11.4 Å². The Balaban J connectivity index is 0.00000210. The largest absolute Gasteiger partial charge is 1.00 e. The molecule has 1 amide bonds. The fourth-order valence-electron chi connectivity index (χ4n) is 3.94. The number of fused-ring (bicyclic) bond motifs is 1. The number of aliphatic carboxylic acids is 1. The normalized spacial score (nSPS) is 22.2. The molecule has 2 aromatic rings. The maximum atomic E-state index is 12.3. The van der Waals surface area contributed by atoms with E-state index in [2.05, 4.69) is 5.10 Å². The molecule has 0 bridgehead atoms. The number of hydrogen-bond donors (Lipinski definition) is 1. The van der Waals surface area contributed by atoms with Crippen molar-refractivity contribution in [2.24, 2.45) is 5.92 Å².